The molecule has 0 aromatic heterocycles. The van der Waals surface area contributed by atoms with Gasteiger partial charge in [0.25, 0.3) is 0 Å². The third kappa shape index (κ3) is 21.1. The number of rotatable bonds is 19. The number of carbonyl (C=O) groups is 3. The number of aromatic carboxylic acids is 1. The first-order valence-electron chi connectivity index (χ1n) is 13.1. The van der Waals surface area contributed by atoms with Crippen molar-refractivity contribution in [3.05, 3.63) is 35.9 Å². The van der Waals surface area contributed by atoms with Crippen LogP contribution in [0.1, 0.15) is 114 Å². The van der Waals surface area contributed by atoms with Crippen LogP contribution in [0.4, 0.5) is 0 Å². The summed E-state index contributed by atoms with van der Waals surface area (Å²) in [7, 11) is -5.45. The van der Waals surface area contributed by atoms with Gasteiger partial charge in [0.15, 0.2) is 0 Å². The minimum absolute atomic E-state index is 0. The molecule has 0 amide bonds. The summed E-state index contributed by atoms with van der Waals surface area (Å²) in [5, 5.41) is 33.5. The Labute approximate surface area is 334 Å². The van der Waals surface area contributed by atoms with Gasteiger partial charge in [0.1, 0.15) is 14.9 Å². The second-order valence-corrected chi connectivity index (χ2v) is 10.9. The molecule has 14 heteroatoms. The molecule has 0 bridgehead atoms. The minimum atomic E-state index is -5.45. The van der Waals surface area contributed by atoms with E-state index in [2.05, 4.69) is 6.92 Å². The van der Waals surface area contributed by atoms with Crippen LogP contribution in [0.15, 0.2) is 30.3 Å². The summed E-state index contributed by atoms with van der Waals surface area (Å²) in [6.07, 6.45) is 8.46. The van der Waals surface area contributed by atoms with Crippen molar-refractivity contribution < 1.29 is 161 Å². The Kier molecular flexibility index (Phi) is 38.4. The first-order valence-corrected chi connectivity index (χ1v) is 14.5. The van der Waals surface area contributed by atoms with E-state index in [1.165, 1.54) is 12.1 Å². The fourth-order valence-corrected chi connectivity index (χ4v) is 5.39. The molecule has 0 saturated carbocycles. The normalized spacial score (nSPS) is 12.3. The molecule has 0 aliphatic heterocycles. The van der Waals surface area contributed by atoms with E-state index in [0.29, 0.717) is 19.3 Å². The number of aliphatic carboxylic acids is 2. The van der Waals surface area contributed by atoms with Crippen LogP contribution in [-0.2, 0) is 19.7 Å². The van der Waals surface area contributed by atoms with Gasteiger partial charge in [0, 0.05) is 11.9 Å². The van der Waals surface area contributed by atoms with Gasteiger partial charge < -0.3 is 34.3 Å². The van der Waals surface area contributed by atoms with Gasteiger partial charge in [0.2, 0.25) is 0 Å². The molecule has 2 atom stereocenters. The Bertz CT molecular complexity index is 919. The summed E-state index contributed by atoms with van der Waals surface area (Å²) < 4.78 is 32.8. The van der Waals surface area contributed by atoms with Crippen LogP contribution in [0.2, 0.25) is 0 Å². The van der Waals surface area contributed by atoms with Crippen LogP contribution in [0.5, 0.6) is 0 Å². The summed E-state index contributed by atoms with van der Waals surface area (Å²) in [4.78, 5) is 33.5. The molecular formula is C27H40Na4O9S. The molecule has 1 aromatic carbocycles. The van der Waals surface area contributed by atoms with Gasteiger partial charge in [-0.15, -0.1) is 0 Å². The second kappa shape index (κ2) is 30.2. The van der Waals surface area contributed by atoms with Gasteiger partial charge in [-0.05, 0) is 18.4 Å². The fraction of sp³-hybridized carbons (Fsp3) is 0.667. The molecule has 1 aromatic rings. The Morgan fingerprint density at radius 2 is 1.12 bits per heavy atom. The van der Waals surface area contributed by atoms with Crippen molar-refractivity contribution in [2.75, 3.05) is 0 Å². The smallest absolute Gasteiger partial charge is 0.747 e. The first-order chi connectivity index (χ1) is 17.5. The van der Waals surface area contributed by atoms with E-state index in [4.69, 9.17) is 0 Å². The molecule has 0 radical (unpaired) electrons. The van der Waals surface area contributed by atoms with Gasteiger partial charge in [-0.25, -0.2) is 8.42 Å². The number of carbonyl (C=O) groups excluding carboxylic acids is 3. The molecule has 0 spiro atoms. The van der Waals surface area contributed by atoms with E-state index in [0.717, 1.165) is 51.4 Å². The summed E-state index contributed by atoms with van der Waals surface area (Å²) >= 11 is 0. The van der Waals surface area contributed by atoms with Crippen LogP contribution in [0.25, 0.3) is 0 Å². The summed E-state index contributed by atoms with van der Waals surface area (Å²) in [5.74, 6) is -6.98. The molecule has 1 rings (SSSR count). The maximum Gasteiger partial charge on any atom is 1.00 e. The van der Waals surface area contributed by atoms with E-state index < -0.39 is 45.1 Å². The van der Waals surface area contributed by atoms with E-state index in [1.54, 1.807) is 18.2 Å². The largest absolute Gasteiger partial charge is 1.00 e. The number of benzene rings is 1. The molecule has 0 aliphatic rings. The number of carboxylic acids is 3. The maximum atomic E-state index is 11.9. The van der Waals surface area contributed by atoms with Crippen molar-refractivity contribution >= 4 is 28.0 Å². The molecule has 0 saturated heterocycles. The van der Waals surface area contributed by atoms with Crippen molar-refractivity contribution in [3.63, 3.8) is 0 Å². The van der Waals surface area contributed by atoms with Crippen molar-refractivity contribution in [3.8, 4) is 0 Å². The van der Waals surface area contributed by atoms with Gasteiger partial charge >= 0.3 is 118 Å². The van der Waals surface area contributed by atoms with Gasteiger partial charge in [-0.3, -0.25) is 0 Å². The zero-order chi connectivity index (χ0) is 28.3. The van der Waals surface area contributed by atoms with Crippen LogP contribution in [0, 0.1) is 5.92 Å². The average Bonchev–Trinajstić information content (AvgIpc) is 2.83. The zero-order valence-corrected chi connectivity index (χ0v) is 34.8. The van der Waals surface area contributed by atoms with Crippen LogP contribution < -0.4 is 134 Å². The zero-order valence-electron chi connectivity index (χ0n) is 25.9. The Morgan fingerprint density at radius 1 is 0.707 bits per heavy atom. The molecule has 0 heterocycles. The average molecular weight is 633 g/mol. The second-order valence-electron chi connectivity index (χ2n) is 9.23. The molecular weight excluding hydrogens is 592 g/mol. The summed E-state index contributed by atoms with van der Waals surface area (Å²) in [6, 6.07) is 8.06. The number of hydrogen-bond acceptors (Lipinski definition) is 9. The van der Waals surface area contributed by atoms with Crippen molar-refractivity contribution in [2.24, 2.45) is 5.92 Å². The predicted octanol–water partition coefficient (Wildman–Crippen LogP) is -10.0. The quantitative estimate of drug-likeness (QED) is 0.0814. The molecule has 41 heavy (non-hydrogen) atoms. The topological polar surface area (TPSA) is 178 Å². The van der Waals surface area contributed by atoms with Crippen LogP contribution in [0.3, 0.4) is 0 Å². The summed E-state index contributed by atoms with van der Waals surface area (Å²) in [6.45, 7) is 4.10. The monoisotopic (exact) mass is 632 g/mol. The van der Waals surface area contributed by atoms with E-state index in [-0.39, 0.29) is 137 Å². The molecule has 212 valence electrons. The van der Waals surface area contributed by atoms with Crippen LogP contribution in [-0.4, -0.2) is 35.6 Å². The van der Waals surface area contributed by atoms with Gasteiger partial charge in [-0.1, -0.05) is 121 Å². The molecule has 0 N–H and O–H groups in total. The number of unbranched alkanes of at least 4 members (excludes halogenated alkanes) is 10. The number of hydrogen-bond donors (Lipinski definition) is 0. The standard InChI is InChI=1S/C20H38O7S.C7H6O2.4Na/c1-3-5-7-9-11-13-15-17(18(21)22)20(19(23)24,28(25,26)27)16-14-12-10-8-6-4-2;8-7(9)6-4-2-1-3-5-6;;;;/h17H,3-16H2,1-2H3,(H,21,22)(H,23,24)(H,25,26,27);1-5H,(H,8,9);;;;/q;;4*+1/p-4. The van der Waals surface area contributed by atoms with E-state index in [1.807, 2.05) is 6.92 Å². The minimum Gasteiger partial charge on any atom is -0.747 e. The maximum absolute atomic E-state index is 11.9. The van der Waals surface area contributed by atoms with Crippen molar-refractivity contribution in [1.82, 2.24) is 0 Å². The van der Waals surface area contributed by atoms with Gasteiger partial charge in [0.05, 0.1) is 11.9 Å². The number of carboxylic acid groups (broad SMARTS) is 3. The predicted molar refractivity (Wildman–Crippen MR) is 133 cm³/mol. The first kappa shape index (κ1) is 52.1. The third-order valence-corrected chi connectivity index (χ3v) is 7.94. The fourth-order valence-electron chi connectivity index (χ4n) is 4.23. The molecule has 2 unspecified atom stereocenters. The van der Waals surface area contributed by atoms with Crippen molar-refractivity contribution in [2.45, 2.75) is 108 Å². The van der Waals surface area contributed by atoms with Gasteiger partial charge in [-0.2, -0.15) is 0 Å². The molecule has 0 fully saturated rings. The molecule has 9 nitrogen and oxygen atoms in total. The third-order valence-electron chi connectivity index (χ3n) is 6.40. The Hall–Kier alpha value is 1.54. The summed E-state index contributed by atoms with van der Waals surface area (Å²) in [5.41, 5.74) is 0.220. The SMILES string of the molecule is CCCCCCCCC(C(=O)[O-])C(CCCCCCCC)(C(=O)[O-])S(=O)(=O)[O-].O=C([O-])c1ccccc1.[Na+].[Na+].[Na+].[Na+]. The van der Waals surface area contributed by atoms with E-state index in [9.17, 15) is 42.7 Å². The molecule has 0 aliphatic carbocycles. The van der Waals surface area contributed by atoms with E-state index >= 15 is 0 Å². The van der Waals surface area contributed by atoms with Crippen molar-refractivity contribution in [1.29, 1.82) is 0 Å². The Morgan fingerprint density at radius 3 is 1.46 bits per heavy atom. The Balaban J connectivity index is -0.000000283. The van der Waals surface area contributed by atoms with Crippen LogP contribution >= 0.6 is 0 Å².